The number of para-hydroxylation sites is 1. The Balaban J connectivity index is 1.99. The Hall–Kier alpha value is -2.73. The lowest BCUT2D eigenvalue weighted by molar-refractivity contribution is -0.143. The van der Waals surface area contributed by atoms with Gasteiger partial charge in [-0.2, -0.15) is 4.99 Å². The molecule has 1 heterocycles. The fraction of sp³-hybridized carbons (Fsp3) is 0.318. The molecule has 3 aromatic rings. The second kappa shape index (κ2) is 8.52. The minimum atomic E-state index is -0.342. The van der Waals surface area contributed by atoms with Crippen molar-refractivity contribution in [2.24, 2.45) is 4.99 Å². The molecule has 0 unspecified atom stereocenters. The van der Waals surface area contributed by atoms with E-state index in [1.165, 1.54) is 16.9 Å². The van der Waals surface area contributed by atoms with Crippen LogP contribution in [0.25, 0.3) is 10.2 Å². The quantitative estimate of drug-likeness (QED) is 0.615. The Morgan fingerprint density at radius 3 is 2.46 bits per heavy atom. The van der Waals surface area contributed by atoms with Crippen molar-refractivity contribution in [1.82, 2.24) is 4.57 Å². The molecule has 0 radical (unpaired) electrons. The van der Waals surface area contributed by atoms with Gasteiger partial charge in [-0.1, -0.05) is 41.2 Å². The van der Waals surface area contributed by atoms with Crippen molar-refractivity contribution < 1.29 is 14.3 Å². The zero-order valence-electron chi connectivity index (χ0n) is 16.6. The molecular formula is C22H24N2O3S. The Bertz CT molecular complexity index is 1090. The maximum Gasteiger partial charge on any atom is 0.326 e. The minimum Gasteiger partial charge on any atom is -0.465 e. The van der Waals surface area contributed by atoms with Crippen molar-refractivity contribution in [3.63, 3.8) is 0 Å². The van der Waals surface area contributed by atoms with Crippen LogP contribution in [0.3, 0.4) is 0 Å². The third-order valence-corrected chi connectivity index (χ3v) is 5.63. The molecule has 0 aliphatic rings. The summed E-state index contributed by atoms with van der Waals surface area (Å²) in [4.78, 5) is 29.6. The molecule has 5 nitrogen and oxygen atoms in total. The number of hydrogen-bond acceptors (Lipinski definition) is 4. The van der Waals surface area contributed by atoms with Crippen LogP contribution in [-0.2, 0) is 27.3 Å². The van der Waals surface area contributed by atoms with Crippen molar-refractivity contribution in [1.29, 1.82) is 0 Å². The van der Waals surface area contributed by atoms with E-state index in [1.54, 1.807) is 11.5 Å². The largest absolute Gasteiger partial charge is 0.465 e. The third kappa shape index (κ3) is 4.39. The second-order valence-corrected chi connectivity index (χ2v) is 7.81. The van der Waals surface area contributed by atoms with Gasteiger partial charge < -0.3 is 9.30 Å². The van der Waals surface area contributed by atoms with Crippen LogP contribution < -0.4 is 4.80 Å². The molecule has 1 aromatic heterocycles. The predicted octanol–water partition coefficient (Wildman–Crippen LogP) is 3.86. The van der Waals surface area contributed by atoms with Crippen LogP contribution in [-0.4, -0.2) is 23.1 Å². The van der Waals surface area contributed by atoms with E-state index in [0.717, 1.165) is 26.9 Å². The van der Waals surface area contributed by atoms with Gasteiger partial charge in [0.1, 0.15) is 6.54 Å². The van der Waals surface area contributed by atoms with Crippen molar-refractivity contribution >= 4 is 33.4 Å². The highest BCUT2D eigenvalue weighted by Crippen LogP contribution is 2.19. The van der Waals surface area contributed by atoms with E-state index in [-0.39, 0.29) is 24.8 Å². The Labute approximate surface area is 168 Å². The molecule has 0 fully saturated rings. The van der Waals surface area contributed by atoms with Gasteiger partial charge in [-0.15, -0.1) is 0 Å². The molecule has 0 atom stereocenters. The van der Waals surface area contributed by atoms with Gasteiger partial charge in [-0.3, -0.25) is 9.59 Å². The highest BCUT2D eigenvalue weighted by Gasteiger charge is 2.13. The first-order chi connectivity index (χ1) is 13.4. The number of benzene rings is 2. The standard InChI is InChI=1S/C22H24N2O3S/c1-5-27-21(26)13-24-18-8-6-7-9-19(18)28-22(24)23-20(25)12-17-15(3)10-14(2)11-16(17)4/h6-11H,5,12-13H2,1-4H3. The fourth-order valence-corrected chi connectivity index (χ4v) is 4.43. The molecule has 28 heavy (non-hydrogen) atoms. The van der Waals surface area contributed by atoms with Crippen LogP contribution in [0, 0.1) is 20.8 Å². The zero-order chi connectivity index (χ0) is 20.3. The van der Waals surface area contributed by atoms with Crippen molar-refractivity contribution in [2.75, 3.05) is 6.61 Å². The van der Waals surface area contributed by atoms with E-state index < -0.39 is 0 Å². The molecule has 0 N–H and O–H groups in total. The number of carbonyl (C=O) groups excluding carboxylic acids is 2. The summed E-state index contributed by atoms with van der Waals surface area (Å²) in [5.74, 6) is -0.565. The SMILES string of the molecule is CCOC(=O)Cn1c(=NC(=O)Cc2c(C)cc(C)cc2C)sc2ccccc21. The van der Waals surface area contributed by atoms with Gasteiger partial charge in [0.15, 0.2) is 4.80 Å². The van der Waals surface area contributed by atoms with E-state index in [1.807, 2.05) is 45.0 Å². The monoisotopic (exact) mass is 396 g/mol. The highest BCUT2D eigenvalue weighted by atomic mass is 32.1. The van der Waals surface area contributed by atoms with Gasteiger partial charge in [-0.25, -0.2) is 0 Å². The van der Waals surface area contributed by atoms with Crippen LogP contribution in [0.1, 0.15) is 29.2 Å². The van der Waals surface area contributed by atoms with Crippen molar-refractivity contribution in [3.05, 3.63) is 63.5 Å². The number of thiazole rings is 1. The first-order valence-corrected chi connectivity index (χ1v) is 10.1. The molecule has 0 bridgehead atoms. The Morgan fingerprint density at radius 2 is 1.79 bits per heavy atom. The lowest BCUT2D eigenvalue weighted by atomic mass is 9.97. The van der Waals surface area contributed by atoms with Gasteiger partial charge >= 0.3 is 5.97 Å². The Morgan fingerprint density at radius 1 is 1.11 bits per heavy atom. The summed E-state index contributed by atoms with van der Waals surface area (Å²) in [5, 5.41) is 0. The topological polar surface area (TPSA) is 60.7 Å². The number of amides is 1. The van der Waals surface area contributed by atoms with Gasteiger partial charge in [0, 0.05) is 0 Å². The predicted molar refractivity (Wildman–Crippen MR) is 111 cm³/mol. The Kier molecular flexibility index (Phi) is 6.09. The number of rotatable bonds is 5. The van der Waals surface area contributed by atoms with Crippen LogP contribution in [0.4, 0.5) is 0 Å². The summed E-state index contributed by atoms with van der Waals surface area (Å²) in [6.07, 6.45) is 0.242. The zero-order valence-corrected chi connectivity index (χ0v) is 17.4. The summed E-state index contributed by atoms with van der Waals surface area (Å²) in [6, 6.07) is 11.9. The van der Waals surface area contributed by atoms with E-state index in [4.69, 9.17) is 4.74 Å². The van der Waals surface area contributed by atoms with Crippen LogP contribution >= 0.6 is 11.3 Å². The molecule has 6 heteroatoms. The van der Waals surface area contributed by atoms with E-state index in [2.05, 4.69) is 17.1 Å². The van der Waals surface area contributed by atoms with E-state index in [0.29, 0.717) is 11.4 Å². The van der Waals surface area contributed by atoms with Crippen molar-refractivity contribution in [3.8, 4) is 0 Å². The molecule has 0 saturated heterocycles. The number of aromatic nitrogens is 1. The number of fused-ring (bicyclic) bond motifs is 1. The number of ether oxygens (including phenoxy) is 1. The molecular weight excluding hydrogens is 372 g/mol. The van der Waals surface area contributed by atoms with E-state index >= 15 is 0 Å². The number of aryl methyl sites for hydroxylation is 3. The normalized spacial score (nSPS) is 11.8. The number of esters is 1. The molecule has 0 aliphatic heterocycles. The first kappa shape index (κ1) is 20.0. The number of hydrogen-bond donors (Lipinski definition) is 0. The lowest BCUT2D eigenvalue weighted by Crippen LogP contribution is -2.23. The molecule has 2 aromatic carbocycles. The minimum absolute atomic E-state index is 0.0343. The molecule has 0 spiro atoms. The van der Waals surface area contributed by atoms with Crippen LogP contribution in [0.5, 0.6) is 0 Å². The van der Waals surface area contributed by atoms with Crippen LogP contribution in [0.2, 0.25) is 0 Å². The maximum atomic E-state index is 12.7. The molecule has 1 amide bonds. The summed E-state index contributed by atoms with van der Waals surface area (Å²) in [5.41, 5.74) is 5.25. The average molecular weight is 397 g/mol. The van der Waals surface area contributed by atoms with E-state index in [9.17, 15) is 9.59 Å². The third-order valence-electron chi connectivity index (χ3n) is 4.57. The smallest absolute Gasteiger partial charge is 0.326 e. The van der Waals surface area contributed by atoms with Crippen LogP contribution in [0.15, 0.2) is 41.4 Å². The molecule has 0 saturated carbocycles. The summed E-state index contributed by atoms with van der Waals surface area (Å²) >= 11 is 1.40. The number of carbonyl (C=O) groups is 2. The maximum absolute atomic E-state index is 12.7. The summed E-state index contributed by atoms with van der Waals surface area (Å²) < 4.78 is 7.81. The van der Waals surface area contributed by atoms with Gasteiger partial charge in [0.25, 0.3) is 5.91 Å². The first-order valence-electron chi connectivity index (χ1n) is 9.27. The molecule has 3 rings (SSSR count). The second-order valence-electron chi connectivity index (χ2n) is 6.80. The molecule has 146 valence electrons. The van der Waals surface area contributed by atoms with Crippen molar-refractivity contribution in [2.45, 2.75) is 40.7 Å². The summed E-state index contributed by atoms with van der Waals surface area (Å²) in [7, 11) is 0. The highest BCUT2D eigenvalue weighted by molar-refractivity contribution is 7.16. The van der Waals surface area contributed by atoms with Gasteiger partial charge in [0.2, 0.25) is 0 Å². The van der Waals surface area contributed by atoms with Gasteiger partial charge in [-0.05, 0) is 56.5 Å². The number of nitrogens with zero attached hydrogens (tertiary/aromatic N) is 2. The fourth-order valence-electron chi connectivity index (χ4n) is 3.38. The lowest BCUT2D eigenvalue weighted by Gasteiger charge is -2.09. The average Bonchev–Trinajstić information content (AvgIpc) is 2.95. The molecule has 0 aliphatic carbocycles. The van der Waals surface area contributed by atoms with Gasteiger partial charge in [0.05, 0.1) is 23.2 Å². The summed E-state index contributed by atoms with van der Waals surface area (Å²) in [6.45, 7) is 8.21.